The van der Waals surface area contributed by atoms with Gasteiger partial charge in [-0.2, -0.15) is 0 Å². The quantitative estimate of drug-likeness (QED) is 0.0410. The maximum atomic E-state index is 8.50. The van der Waals surface area contributed by atoms with E-state index < -0.39 is 0 Å². The zero-order valence-electron chi connectivity index (χ0n) is 26.7. The van der Waals surface area contributed by atoms with Gasteiger partial charge in [-0.1, -0.05) is 147 Å². The van der Waals surface area contributed by atoms with E-state index in [2.05, 4.69) is 47.9 Å². The third-order valence-corrected chi connectivity index (χ3v) is 9.16. The van der Waals surface area contributed by atoms with Crippen LogP contribution in [0.5, 0.6) is 0 Å². The van der Waals surface area contributed by atoms with Crippen LogP contribution >= 0.6 is 0 Å². The SMILES string of the molecule is CCCCCCC1C=C[C@@H](CCCCCCCCOO)C(C=CCCCCCCCCOO)C1CCCCCC. The summed E-state index contributed by atoms with van der Waals surface area (Å²) in [5, 5.41) is 16.9. The molecule has 0 aromatic heterocycles. The van der Waals surface area contributed by atoms with Gasteiger partial charge in [0.25, 0.3) is 0 Å². The third-order valence-electron chi connectivity index (χ3n) is 9.16. The Labute approximate surface area is 249 Å². The van der Waals surface area contributed by atoms with Crippen LogP contribution in [0.2, 0.25) is 0 Å². The fourth-order valence-electron chi connectivity index (χ4n) is 6.71. The zero-order valence-corrected chi connectivity index (χ0v) is 26.7. The summed E-state index contributed by atoms with van der Waals surface area (Å²) in [5.41, 5.74) is 0. The van der Waals surface area contributed by atoms with E-state index in [0.717, 1.165) is 37.5 Å². The molecule has 0 heterocycles. The lowest BCUT2D eigenvalue weighted by molar-refractivity contribution is -0.242. The topological polar surface area (TPSA) is 58.9 Å². The van der Waals surface area contributed by atoms with Crippen molar-refractivity contribution in [3.63, 3.8) is 0 Å². The van der Waals surface area contributed by atoms with E-state index in [4.69, 9.17) is 10.5 Å². The number of rotatable bonds is 29. The highest BCUT2D eigenvalue weighted by molar-refractivity contribution is 5.10. The van der Waals surface area contributed by atoms with E-state index in [1.165, 1.54) is 128 Å². The van der Waals surface area contributed by atoms with Gasteiger partial charge in [0.2, 0.25) is 0 Å². The Bertz CT molecular complexity index is 575. The predicted octanol–water partition coefficient (Wildman–Crippen LogP) is 12.0. The summed E-state index contributed by atoms with van der Waals surface area (Å²) in [6.07, 6.45) is 41.4. The smallest absolute Gasteiger partial charge is 0.0819 e. The molecule has 40 heavy (non-hydrogen) atoms. The van der Waals surface area contributed by atoms with Gasteiger partial charge in [-0.25, -0.2) is 9.78 Å². The Hall–Kier alpha value is -0.680. The van der Waals surface area contributed by atoms with Gasteiger partial charge in [-0.3, -0.25) is 10.5 Å². The molecule has 2 N–H and O–H groups in total. The van der Waals surface area contributed by atoms with E-state index in [1.807, 2.05) is 0 Å². The number of hydrogen-bond donors (Lipinski definition) is 2. The minimum Gasteiger partial charge on any atom is -0.252 e. The van der Waals surface area contributed by atoms with Crippen molar-refractivity contribution in [2.24, 2.45) is 23.7 Å². The summed E-state index contributed by atoms with van der Waals surface area (Å²) in [4.78, 5) is 8.39. The summed E-state index contributed by atoms with van der Waals surface area (Å²) >= 11 is 0. The van der Waals surface area contributed by atoms with Gasteiger partial charge in [0.15, 0.2) is 0 Å². The van der Waals surface area contributed by atoms with E-state index in [9.17, 15) is 0 Å². The average Bonchev–Trinajstić information content (AvgIpc) is 2.97. The fraction of sp³-hybridized carbons (Fsp3) is 0.889. The van der Waals surface area contributed by atoms with Crippen LogP contribution in [0.25, 0.3) is 0 Å². The first-order valence-electron chi connectivity index (χ1n) is 17.7. The molecule has 4 atom stereocenters. The Kier molecular flexibility index (Phi) is 26.6. The lowest BCUT2D eigenvalue weighted by Crippen LogP contribution is -2.30. The zero-order chi connectivity index (χ0) is 28.9. The van der Waals surface area contributed by atoms with Gasteiger partial charge < -0.3 is 0 Å². The van der Waals surface area contributed by atoms with Crippen LogP contribution in [0.3, 0.4) is 0 Å². The van der Waals surface area contributed by atoms with Crippen molar-refractivity contribution in [1.29, 1.82) is 0 Å². The molecule has 0 aromatic carbocycles. The summed E-state index contributed by atoms with van der Waals surface area (Å²) in [6.45, 7) is 5.59. The van der Waals surface area contributed by atoms with Crippen molar-refractivity contribution in [3.8, 4) is 0 Å². The third kappa shape index (κ3) is 19.4. The first-order chi connectivity index (χ1) is 19.8. The summed E-state index contributed by atoms with van der Waals surface area (Å²) < 4.78 is 0. The Balaban J connectivity index is 2.71. The number of unbranched alkanes of at least 4 members (excludes halogenated alkanes) is 17. The van der Waals surface area contributed by atoms with Crippen molar-refractivity contribution in [2.75, 3.05) is 13.2 Å². The van der Waals surface area contributed by atoms with Crippen molar-refractivity contribution in [2.45, 2.75) is 168 Å². The molecule has 0 aliphatic heterocycles. The Morgan fingerprint density at radius 1 is 0.525 bits per heavy atom. The van der Waals surface area contributed by atoms with Crippen LogP contribution in [0.1, 0.15) is 168 Å². The van der Waals surface area contributed by atoms with Crippen LogP contribution < -0.4 is 0 Å². The van der Waals surface area contributed by atoms with E-state index in [0.29, 0.717) is 25.0 Å². The average molecular weight is 565 g/mol. The minimum atomic E-state index is 0.471. The second-order valence-electron chi connectivity index (χ2n) is 12.6. The molecule has 0 bridgehead atoms. The van der Waals surface area contributed by atoms with Crippen LogP contribution in [0.15, 0.2) is 24.3 Å². The molecule has 0 radical (unpaired) electrons. The maximum Gasteiger partial charge on any atom is 0.0819 e. The van der Waals surface area contributed by atoms with Crippen LogP contribution in [0, 0.1) is 23.7 Å². The molecular weight excluding hydrogens is 496 g/mol. The van der Waals surface area contributed by atoms with Crippen LogP contribution in [0.4, 0.5) is 0 Å². The molecule has 0 saturated heterocycles. The molecule has 1 aliphatic carbocycles. The molecule has 0 amide bonds. The number of hydrogen-bond acceptors (Lipinski definition) is 4. The Morgan fingerprint density at radius 3 is 1.55 bits per heavy atom. The van der Waals surface area contributed by atoms with E-state index in [1.54, 1.807) is 0 Å². The largest absolute Gasteiger partial charge is 0.252 e. The van der Waals surface area contributed by atoms with Crippen LogP contribution in [-0.4, -0.2) is 23.7 Å². The van der Waals surface area contributed by atoms with Gasteiger partial charge in [0.1, 0.15) is 0 Å². The highest BCUT2D eigenvalue weighted by Gasteiger charge is 2.33. The first kappa shape index (κ1) is 37.3. The fourth-order valence-corrected chi connectivity index (χ4v) is 6.71. The van der Waals surface area contributed by atoms with Gasteiger partial charge in [-0.15, -0.1) is 0 Å². The second-order valence-corrected chi connectivity index (χ2v) is 12.6. The molecular formula is C36H68O4. The van der Waals surface area contributed by atoms with Crippen molar-refractivity contribution >= 4 is 0 Å². The molecule has 4 nitrogen and oxygen atoms in total. The monoisotopic (exact) mass is 565 g/mol. The van der Waals surface area contributed by atoms with Crippen molar-refractivity contribution < 1.29 is 20.3 Å². The summed E-state index contributed by atoms with van der Waals surface area (Å²) in [6, 6.07) is 0. The molecule has 0 fully saturated rings. The summed E-state index contributed by atoms with van der Waals surface area (Å²) in [5.74, 6) is 3.00. The van der Waals surface area contributed by atoms with E-state index >= 15 is 0 Å². The highest BCUT2D eigenvalue weighted by atomic mass is 17.1. The highest BCUT2D eigenvalue weighted by Crippen LogP contribution is 2.43. The molecule has 0 saturated carbocycles. The van der Waals surface area contributed by atoms with Crippen molar-refractivity contribution in [3.05, 3.63) is 24.3 Å². The summed E-state index contributed by atoms with van der Waals surface area (Å²) in [7, 11) is 0. The van der Waals surface area contributed by atoms with Crippen molar-refractivity contribution in [1.82, 2.24) is 0 Å². The lowest BCUT2D eigenvalue weighted by Gasteiger charge is -2.39. The lowest BCUT2D eigenvalue weighted by atomic mass is 9.66. The minimum absolute atomic E-state index is 0.471. The molecule has 3 unspecified atom stereocenters. The normalized spacial score (nSPS) is 21.1. The molecule has 0 aromatic rings. The first-order valence-corrected chi connectivity index (χ1v) is 17.7. The number of allylic oxidation sites excluding steroid dienone is 4. The molecule has 4 heteroatoms. The molecule has 0 spiro atoms. The standard InChI is InChI=1S/C36H68O4/c1-3-5-7-19-25-33-29-30-34(26-20-15-12-14-18-24-32-40-38)36(35(33)27-21-8-6-4-2)28-22-16-11-9-10-13-17-23-31-39-37/h22,28-30,33-38H,3-21,23-27,31-32H2,1-2H3/t33?,34-,35?,36?/m1/s1. The Morgan fingerprint density at radius 2 is 0.975 bits per heavy atom. The van der Waals surface area contributed by atoms with E-state index in [-0.39, 0.29) is 0 Å². The second kappa shape index (κ2) is 28.4. The van der Waals surface area contributed by atoms with Gasteiger partial charge in [0.05, 0.1) is 13.2 Å². The molecule has 236 valence electrons. The van der Waals surface area contributed by atoms with Gasteiger partial charge >= 0.3 is 0 Å². The van der Waals surface area contributed by atoms with Gasteiger partial charge in [0, 0.05) is 0 Å². The maximum absolute atomic E-state index is 8.50. The predicted molar refractivity (Wildman–Crippen MR) is 172 cm³/mol. The molecule has 1 rings (SSSR count). The van der Waals surface area contributed by atoms with Gasteiger partial charge in [-0.05, 0) is 68.6 Å². The molecule has 1 aliphatic rings. The van der Waals surface area contributed by atoms with Crippen LogP contribution in [-0.2, 0) is 9.78 Å².